The van der Waals surface area contributed by atoms with Crippen LogP contribution >= 0.6 is 0 Å². The minimum atomic E-state index is 0.0688. The number of fused-ring (bicyclic) bond motifs is 3. The van der Waals surface area contributed by atoms with Crippen molar-refractivity contribution < 1.29 is 0 Å². The molecule has 0 radical (unpaired) electrons. The molecule has 4 rings (SSSR count). The van der Waals surface area contributed by atoms with Gasteiger partial charge < -0.3 is 4.57 Å². The van der Waals surface area contributed by atoms with Gasteiger partial charge in [0.15, 0.2) is 5.43 Å². The number of aromatic nitrogens is 1. The lowest BCUT2D eigenvalue weighted by Gasteiger charge is -2.21. The van der Waals surface area contributed by atoms with Crippen LogP contribution in [-0.4, -0.2) is 4.57 Å². The summed E-state index contributed by atoms with van der Waals surface area (Å²) < 4.78 is 2.16. The van der Waals surface area contributed by atoms with Crippen LogP contribution in [0.15, 0.2) is 71.7 Å². The van der Waals surface area contributed by atoms with Crippen LogP contribution in [0.25, 0.3) is 27.7 Å². The molecule has 112 valence electrons. The minimum absolute atomic E-state index is 0.0688. The fourth-order valence-corrected chi connectivity index (χ4v) is 3.41. The number of hydrogen-bond donors (Lipinski definition) is 0. The van der Waals surface area contributed by atoms with Crippen LogP contribution in [-0.2, 0) is 0 Å². The Bertz CT molecular complexity index is 1040. The Morgan fingerprint density at radius 1 is 0.783 bits per heavy atom. The van der Waals surface area contributed by atoms with Crippen LogP contribution in [0.5, 0.6) is 0 Å². The molecule has 1 heterocycles. The van der Waals surface area contributed by atoms with Crippen molar-refractivity contribution in [2.75, 3.05) is 0 Å². The maximum absolute atomic E-state index is 12.5. The Kier molecular flexibility index (Phi) is 3.05. The number of rotatable bonds is 1. The number of hydrogen-bond acceptors (Lipinski definition) is 1. The number of aryl methyl sites for hydroxylation is 2. The maximum atomic E-state index is 12.5. The van der Waals surface area contributed by atoms with Gasteiger partial charge in [-0.3, -0.25) is 4.79 Å². The Balaban J connectivity index is 2.23. The molecule has 0 amide bonds. The van der Waals surface area contributed by atoms with E-state index >= 15 is 0 Å². The normalized spacial score (nSPS) is 11.2. The molecule has 2 aromatic carbocycles. The Hall–Kier alpha value is -2.87. The standard InChI is InChI=1S/C21H17NO/c1-14-7-5-8-15(2)21(14)22-13-16-9-3-4-10-17(16)20-18(22)11-6-12-19(20)23/h3-13H,1-2H3. The van der Waals surface area contributed by atoms with Gasteiger partial charge in [0.2, 0.25) is 0 Å². The van der Waals surface area contributed by atoms with E-state index in [2.05, 4.69) is 48.9 Å². The largest absolute Gasteiger partial charge is 0.315 e. The van der Waals surface area contributed by atoms with Crippen molar-refractivity contribution in [3.05, 3.63) is 88.2 Å². The van der Waals surface area contributed by atoms with Crippen molar-refractivity contribution in [1.82, 2.24) is 4.57 Å². The van der Waals surface area contributed by atoms with Gasteiger partial charge in [-0.15, -0.1) is 0 Å². The molecule has 2 aliphatic rings. The van der Waals surface area contributed by atoms with Crippen LogP contribution < -0.4 is 5.43 Å². The molecule has 0 saturated heterocycles. The van der Waals surface area contributed by atoms with Gasteiger partial charge in [0, 0.05) is 6.20 Å². The van der Waals surface area contributed by atoms with Gasteiger partial charge in [-0.1, -0.05) is 48.5 Å². The summed E-state index contributed by atoms with van der Waals surface area (Å²) >= 11 is 0. The summed E-state index contributed by atoms with van der Waals surface area (Å²) in [6, 6.07) is 19.9. The zero-order valence-corrected chi connectivity index (χ0v) is 13.2. The second kappa shape index (κ2) is 5.10. The van der Waals surface area contributed by atoms with Crippen LogP contribution in [0.4, 0.5) is 0 Å². The summed E-state index contributed by atoms with van der Waals surface area (Å²) in [5.41, 5.74) is 5.35. The third-order valence-corrected chi connectivity index (χ3v) is 4.44. The Morgan fingerprint density at radius 2 is 1.48 bits per heavy atom. The third kappa shape index (κ3) is 2.07. The highest BCUT2D eigenvalue weighted by Crippen LogP contribution is 2.32. The van der Waals surface area contributed by atoms with Crippen molar-refractivity contribution in [2.24, 2.45) is 0 Å². The molecule has 2 aromatic rings. The first-order chi connectivity index (χ1) is 11.2. The van der Waals surface area contributed by atoms with E-state index in [0.29, 0.717) is 0 Å². The van der Waals surface area contributed by atoms with Crippen LogP contribution in [0.1, 0.15) is 11.1 Å². The van der Waals surface area contributed by atoms with Crippen molar-refractivity contribution >= 4 is 10.8 Å². The van der Waals surface area contributed by atoms with E-state index in [1.54, 1.807) is 6.07 Å². The third-order valence-electron chi connectivity index (χ3n) is 4.44. The lowest BCUT2D eigenvalue weighted by Crippen LogP contribution is -2.12. The van der Waals surface area contributed by atoms with E-state index in [9.17, 15) is 4.79 Å². The summed E-state index contributed by atoms with van der Waals surface area (Å²) in [5, 5.41) is 2.08. The topological polar surface area (TPSA) is 22.0 Å². The average Bonchev–Trinajstić information content (AvgIpc) is 2.55. The smallest absolute Gasteiger partial charge is 0.188 e. The highest BCUT2D eigenvalue weighted by atomic mass is 16.1. The monoisotopic (exact) mass is 299 g/mol. The highest BCUT2D eigenvalue weighted by Gasteiger charge is 2.16. The van der Waals surface area contributed by atoms with Gasteiger partial charge in [0.1, 0.15) is 0 Å². The summed E-state index contributed by atoms with van der Waals surface area (Å²) in [6.07, 6.45) is 2.13. The number of nitrogens with zero attached hydrogens (tertiary/aromatic N) is 1. The van der Waals surface area contributed by atoms with Gasteiger partial charge in [0.25, 0.3) is 0 Å². The molecule has 2 nitrogen and oxygen atoms in total. The summed E-state index contributed by atoms with van der Waals surface area (Å²) in [7, 11) is 0. The van der Waals surface area contributed by atoms with Crippen LogP contribution in [0.2, 0.25) is 0 Å². The lowest BCUT2D eigenvalue weighted by atomic mass is 9.99. The SMILES string of the molecule is Cc1cccc(C)c1-n1cc2ccccc2c2c(=O)cccc1-2. The molecule has 0 saturated carbocycles. The molecule has 0 atom stereocenters. The molecule has 0 spiro atoms. The highest BCUT2D eigenvalue weighted by molar-refractivity contribution is 5.97. The molecule has 0 unspecified atom stereocenters. The van der Waals surface area contributed by atoms with Crippen molar-refractivity contribution in [1.29, 1.82) is 0 Å². The van der Waals surface area contributed by atoms with Crippen LogP contribution in [0, 0.1) is 13.8 Å². The van der Waals surface area contributed by atoms with Gasteiger partial charge >= 0.3 is 0 Å². The van der Waals surface area contributed by atoms with E-state index in [1.807, 2.05) is 30.3 Å². The fraction of sp³-hybridized carbons (Fsp3) is 0.0952. The first-order valence-corrected chi connectivity index (χ1v) is 7.76. The van der Waals surface area contributed by atoms with Gasteiger partial charge in [-0.05, 0) is 47.9 Å². The molecule has 0 aromatic heterocycles. The average molecular weight is 299 g/mol. The first-order valence-electron chi connectivity index (χ1n) is 7.76. The zero-order chi connectivity index (χ0) is 16.0. The van der Waals surface area contributed by atoms with E-state index in [-0.39, 0.29) is 5.43 Å². The van der Waals surface area contributed by atoms with E-state index in [4.69, 9.17) is 0 Å². The minimum Gasteiger partial charge on any atom is -0.315 e. The predicted molar refractivity (Wildman–Crippen MR) is 95.6 cm³/mol. The molecule has 1 aliphatic carbocycles. The Labute approximate surface area is 135 Å². The molecule has 0 fully saturated rings. The number of pyridine rings is 1. The molecular weight excluding hydrogens is 282 g/mol. The number of para-hydroxylation sites is 1. The van der Waals surface area contributed by atoms with Crippen molar-refractivity contribution in [2.45, 2.75) is 13.8 Å². The predicted octanol–water partition coefficient (Wildman–Crippen LogP) is 4.71. The first kappa shape index (κ1) is 13.8. The molecule has 2 heteroatoms. The van der Waals surface area contributed by atoms with Crippen LogP contribution in [0.3, 0.4) is 0 Å². The van der Waals surface area contributed by atoms with Gasteiger partial charge in [-0.25, -0.2) is 0 Å². The van der Waals surface area contributed by atoms with Gasteiger partial charge in [-0.2, -0.15) is 0 Å². The molecule has 0 bridgehead atoms. The summed E-state index contributed by atoms with van der Waals surface area (Å²) in [6.45, 7) is 4.22. The van der Waals surface area contributed by atoms with Gasteiger partial charge in [0.05, 0.1) is 16.9 Å². The molecular formula is C21H17NO. The second-order valence-corrected chi connectivity index (χ2v) is 5.98. The second-order valence-electron chi connectivity index (χ2n) is 5.98. The maximum Gasteiger partial charge on any atom is 0.188 e. The summed E-state index contributed by atoms with van der Waals surface area (Å²) in [4.78, 5) is 12.5. The summed E-state index contributed by atoms with van der Waals surface area (Å²) in [5.74, 6) is 0. The van der Waals surface area contributed by atoms with E-state index in [1.165, 1.54) is 11.1 Å². The van der Waals surface area contributed by atoms with E-state index < -0.39 is 0 Å². The zero-order valence-electron chi connectivity index (χ0n) is 13.2. The van der Waals surface area contributed by atoms with E-state index in [0.717, 1.165) is 27.7 Å². The molecule has 23 heavy (non-hydrogen) atoms. The molecule has 0 N–H and O–H groups in total. The fourth-order valence-electron chi connectivity index (χ4n) is 3.41. The van der Waals surface area contributed by atoms with Crippen molar-refractivity contribution in [3.8, 4) is 16.9 Å². The lowest BCUT2D eigenvalue weighted by molar-refractivity contribution is 1.03. The van der Waals surface area contributed by atoms with Crippen molar-refractivity contribution in [3.63, 3.8) is 0 Å². The Morgan fingerprint density at radius 3 is 2.26 bits per heavy atom. The molecule has 1 aliphatic heterocycles. The quantitative estimate of drug-likeness (QED) is 0.466. The number of benzene rings is 3.